The van der Waals surface area contributed by atoms with Crippen molar-refractivity contribution in [3.63, 3.8) is 0 Å². The number of likely N-dealkylation sites (tertiary alicyclic amines) is 1. The van der Waals surface area contributed by atoms with E-state index >= 15 is 0 Å². The maximum Gasteiger partial charge on any atom is 0.253 e. The van der Waals surface area contributed by atoms with E-state index in [0.717, 1.165) is 37.1 Å². The Morgan fingerprint density at radius 2 is 1.80 bits per heavy atom. The Bertz CT molecular complexity index is 361. The highest BCUT2D eigenvalue weighted by Crippen LogP contribution is 2.13. The molecule has 0 atom stereocenters. The summed E-state index contributed by atoms with van der Waals surface area (Å²) in [7, 11) is 0. The average Bonchev–Trinajstić information content (AvgIpc) is 2.82. The number of benzene rings is 1. The van der Waals surface area contributed by atoms with Crippen molar-refractivity contribution in [3.05, 3.63) is 42.0 Å². The molecule has 1 saturated heterocycles. The summed E-state index contributed by atoms with van der Waals surface area (Å²) < 4.78 is 0. The fraction of sp³-hybridized carbons (Fsp3) is 0.308. The average molecular weight is 201 g/mol. The summed E-state index contributed by atoms with van der Waals surface area (Å²) in [4.78, 5) is 13.9. The third kappa shape index (κ3) is 2.09. The first kappa shape index (κ1) is 9.97. The van der Waals surface area contributed by atoms with Crippen LogP contribution in [0.4, 0.5) is 0 Å². The third-order valence-electron chi connectivity index (χ3n) is 2.79. The summed E-state index contributed by atoms with van der Waals surface area (Å²) in [6.07, 6.45) is 4.05. The first-order valence-corrected chi connectivity index (χ1v) is 5.33. The number of carbonyl (C=O) groups excluding carboxylic acids is 1. The molecule has 78 valence electrons. The van der Waals surface area contributed by atoms with Crippen LogP contribution in [0.2, 0.25) is 0 Å². The first-order valence-electron chi connectivity index (χ1n) is 5.33. The number of rotatable bonds is 2. The van der Waals surface area contributed by atoms with Crippen LogP contribution >= 0.6 is 0 Å². The molecule has 1 aromatic carbocycles. The zero-order valence-electron chi connectivity index (χ0n) is 8.78. The van der Waals surface area contributed by atoms with Gasteiger partial charge < -0.3 is 4.90 Å². The second kappa shape index (κ2) is 4.30. The maximum atomic E-state index is 11.9. The van der Waals surface area contributed by atoms with Gasteiger partial charge >= 0.3 is 0 Å². The van der Waals surface area contributed by atoms with Crippen LogP contribution in [0, 0.1) is 0 Å². The summed E-state index contributed by atoms with van der Waals surface area (Å²) in [5.41, 5.74) is 1.83. The van der Waals surface area contributed by atoms with Crippen molar-refractivity contribution < 1.29 is 4.79 Å². The van der Waals surface area contributed by atoms with Gasteiger partial charge in [-0.1, -0.05) is 24.8 Å². The van der Waals surface area contributed by atoms with E-state index in [1.165, 1.54) is 0 Å². The molecule has 1 aliphatic heterocycles. The van der Waals surface area contributed by atoms with Crippen molar-refractivity contribution in [1.82, 2.24) is 4.90 Å². The van der Waals surface area contributed by atoms with Crippen LogP contribution in [0.3, 0.4) is 0 Å². The summed E-state index contributed by atoms with van der Waals surface area (Å²) in [6.45, 7) is 5.50. The standard InChI is InChI=1S/C13H15NO/c1-2-11-5-7-12(8-6-11)13(15)14-9-3-4-10-14/h2,5-8H,1,3-4,9-10H2. The van der Waals surface area contributed by atoms with E-state index in [2.05, 4.69) is 6.58 Å². The van der Waals surface area contributed by atoms with Gasteiger partial charge in [0.25, 0.3) is 5.91 Å². The van der Waals surface area contributed by atoms with E-state index < -0.39 is 0 Å². The third-order valence-corrected chi connectivity index (χ3v) is 2.79. The molecule has 0 N–H and O–H groups in total. The zero-order valence-corrected chi connectivity index (χ0v) is 8.78. The minimum atomic E-state index is 0.156. The number of nitrogens with zero attached hydrogens (tertiary/aromatic N) is 1. The molecule has 0 radical (unpaired) electrons. The van der Waals surface area contributed by atoms with E-state index in [4.69, 9.17) is 0 Å². The fourth-order valence-corrected chi connectivity index (χ4v) is 1.86. The van der Waals surface area contributed by atoms with Crippen LogP contribution in [-0.2, 0) is 0 Å². The molecule has 0 aromatic heterocycles. The monoisotopic (exact) mass is 201 g/mol. The largest absolute Gasteiger partial charge is 0.339 e. The Morgan fingerprint density at radius 1 is 1.20 bits per heavy atom. The molecule has 1 amide bonds. The van der Waals surface area contributed by atoms with Crippen molar-refractivity contribution in [2.75, 3.05) is 13.1 Å². The topological polar surface area (TPSA) is 20.3 Å². The lowest BCUT2D eigenvalue weighted by molar-refractivity contribution is 0.0793. The highest BCUT2D eigenvalue weighted by atomic mass is 16.2. The molecule has 1 aromatic rings. The Hall–Kier alpha value is -1.57. The molecule has 0 saturated carbocycles. The highest BCUT2D eigenvalue weighted by Gasteiger charge is 2.18. The number of amides is 1. The van der Waals surface area contributed by atoms with Crippen LogP contribution in [0.25, 0.3) is 6.08 Å². The number of hydrogen-bond donors (Lipinski definition) is 0. The van der Waals surface area contributed by atoms with Gasteiger partial charge in [-0.2, -0.15) is 0 Å². The highest BCUT2D eigenvalue weighted by molar-refractivity contribution is 5.94. The molecule has 2 heteroatoms. The van der Waals surface area contributed by atoms with Gasteiger partial charge in [0, 0.05) is 18.7 Å². The van der Waals surface area contributed by atoms with Gasteiger partial charge in [0.2, 0.25) is 0 Å². The molecule has 0 unspecified atom stereocenters. The molecular weight excluding hydrogens is 186 g/mol. The minimum absolute atomic E-state index is 0.156. The molecular formula is C13H15NO. The Balaban J connectivity index is 2.14. The van der Waals surface area contributed by atoms with Crippen LogP contribution in [0.1, 0.15) is 28.8 Å². The van der Waals surface area contributed by atoms with Crippen molar-refractivity contribution in [3.8, 4) is 0 Å². The predicted molar refractivity (Wildman–Crippen MR) is 61.7 cm³/mol. The van der Waals surface area contributed by atoms with Crippen LogP contribution in [0.5, 0.6) is 0 Å². The predicted octanol–water partition coefficient (Wildman–Crippen LogP) is 2.57. The molecule has 2 rings (SSSR count). The van der Waals surface area contributed by atoms with E-state index in [9.17, 15) is 4.79 Å². The molecule has 0 bridgehead atoms. The Morgan fingerprint density at radius 3 is 2.33 bits per heavy atom. The quantitative estimate of drug-likeness (QED) is 0.720. The van der Waals surface area contributed by atoms with E-state index in [1.807, 2.05) is 29.2 Å². The van der Waals surface area contributed by atoms with Crippen molar-refractivity contribution >= 4 is 12.0 Å². The van der Waals surface area contributed by atoms with Gasteiger partial charge in [-0.3, -0.25) is 4.79 Å². The summed E-state index contributed by atoms with van der Waals surface area (Å²) in [5.74, 6) is 0.156. The second-order valence-electron chi connectivity index (χ2n) is 3.83. The number of hydrogen-bond acceptors (Lipinski definition) is 1. The molecule has 1 aliphatic rings. The lowest BCUT2D eigenvalue weighted by atomic mass is 10.1. The van der Waals surface area contributed by atoms with E-state index in [0.29, 0.717) is 0 Å². The summed E-state index contributed by atoms with van der Waals surface area (Å²) in [6, 6.07) is 7.60. The molecule has 1 heterocycles. The Kier molecular flexibility index (Phi) is 2.86. The zero-order chi connectivity index (χ0) is 10.7. The van der Waals surface area contributed by atoms with Gasteiger partial charge in [-0.05, 0) is 30.5 Å². The SMILES string of the molecule is C=Cc1ccc(C(=O)N2CCCC2)cc1. The lowest BCUT2D eigenvalue weighted by Crippen LogP contribution is -2.27. The summed E-state index contributed by atoms with van der Waals surface area (Å²) in [5, 5.41) is 0. The normalized spacial score (nSPS) is 15.3. The van der Waals surface area contributed by atoms with E-state index in [-0.39, 0.29) is 5.91 Å². The fourth-order valence-electron chi connectivity index (χ4n) is 1.86. The van der Waals surface area contributed by atoms with Gasteiger partial charge in [0.05, 0.1) is 0 Å². The number of carbonyl (C=O) groups is 1. The maximum absolute atomic E-state index is 11.9. The van der Waals surface area contributed by atoms with Gasteiger partial charge in [-0.25, -0.2) is 0 Å². The molecule has 15 heavy (non-hydrogen) atoms. The first-order chi connectivity index (χ1) is 7.31. The summed E-state index contributed by atoms with van der Waals surface area (Å²) >= 11 is 0. The van der Waals surface area contributed by atoms with Crippen LogP contribution in [0.15, 0.2) is 30.8 Å². The van der Waals surface area contributed by atoms with Crippen molar-refractivity contribution in [2.24, 2.45) is 0 Å². The second-order valence-corrected chi connectivity index (χ2v) is 3.83. The van der Waals surface area contributed by atoms with Crippen LogP contribution < -0.4 is 0 Å². The van der Waals surface area contributed by atoms with Gasteiger partial charge in [0.15, 0.2) is 0 Å². The van der Waals surface area contributed by atoms with E-state index in [1.54, 1.807) is 6.08 Å². The molecule has 1 fully saturated rings. The Labute approximate surface area is 90.2 Å². The lowest BCUT2D eigenvalue weighted by Gasteiger charge is -2.14. The van der Waals surface area contributed by atoms with Gasteiger partial charge in [0.1, 0.15) is 0 Å². The minimum Gasteiger partial charge on any atom is -0.339 e. The van der Waals surface area contributed by atoms with Gasteiger partial charge in [-0.15, -0.1) is 0 Å². The molecule has 2 nitrogen and oxygen atoms in total. The molecule has 0 spiro atoms. The van der Waals surface area contributed by atoms with Crippen LogP contribution in [-0.4, -0.2) is 23.9 Å². The van der Waals surface area contributed by atoms with Crippen molar-refractivity contribution in [2.45, 2.75) is 12.8 Å². The molecule has 0 aliphatic carbocycles. The smallest absolute Gasteiger partial charge is 0.253 e. The van der Waals surface area contributed by atoms with Crippen molar-refractivity contribution in [1.29, 1.82) is 0 Å².